The Morgan fingerprint density at radius 3 is 2.47 bits per heavy atom. The van der Waals surface area contributed by atoms with Crippen LogP contribution in [0.15, 0.2) is 0 Å². The molecule has 1 unspecified atom stereocenters. The lowest BCUT2D eigenvalue weighted by Crippen LogP contribution is -2.51. The monoisotopic (exact) mass is 266 g/mol. The lowest BCUT2D eigenvalue weighted by molar-refractivity contribution is 0.0939. The topological polar surface area (TPSA) is 15.3 Å². The summed E-state index contributed by atoms with van der Waals surface area (Å²) >= 11 is 0. The number of nitrogens with one attached hydrogen (secondary N) is 1. The molecule has 0 aromatic rings. The first-order valence-corrected chi connectivity index (χ1v) is 8.69. The Morgan fingerprint density at radius 2 is 1.84 bits per heavy atom. The molecule has 112 valence electrons. The number of rotatable bonds is 5. The quantitative estimate of drug-likeness (QED) is 0.814. The van der Waals surface area contributed by atoms with Gasteiger partial charge in [0.2, 0.25) is 0 Å². The molecule has 19 heavy (non-hydrogen) atoms. The van der Waals surface area contributed by atoms with Crippen molar-refractivity contribution in [2.45, 2.75) is 90.3 Å². The molecule has 2 heteroatoms. The Bertz CT molecular complexity index is 244. The minimum absolute atomic E-state index is 0.630. The highest BCUT2D eigenvalue weighted by Gasteiger charge is 2.29. The molecule has 1 aliphatic carbocycles. The van der Waals surface area contributed by atoms with Crippen molar-refractivity contribution in [3.63, 3.8) is 0 Å². The summed E-state index contributed by atoms with van der Waals surface area (Å²) in [6.45, 7) is 9.52. The average molecular weight is 266 g/mol. The molecule has 1 N–H and O–H groups in total. The minimum Gasteiger partial charge on any atom is -0.311 e. The summed E-state index contributed by atoms with van der Waals surface area (Å²) < 4.78 is 0. The van der Waals surface area contributed by atoms with E-state index in [1.165, 1.54) is 64.5 Å². The molecular formula is C17H34N2. The van der Waals surface area contributed by atoms with Gasteiger partial charge in [0.15, 0.2) is 0 Å². The predicted molar refractivity (Wildman–Crippen MR) is 83.5 cm³/mol. The van der Waals surface area contributed by atoms with Crippen LogP contribution < -0.4 is 5.32 Å². The Morgan fingerprint density at radius 1 is 1.11 bits per heavy atom. The second kappa shape index (κ2) is 7.64. The van der Waals surface area contributed by atoms with E-state index < -0.39 is 0 Å². The first-order chi connectivity index (χ1) is 9.19. The predicted octanol–water partition coefficient (Wildman–Crippen LogP) is 3.81. The highest BCUT2D eigenvalue weighted by molar-refractivity contribution is 4.86. The van der Waals surface area contributed by atoms with Crippen molar-refractivity contribution in [1.29, 1.82) is 0 Å². The Hall–Kier alpha value is -0.0800. The van der Waals surface area contributed by atoms with E-state index in [-0.39, 0.29) is 0 Å². The van der Waals surface area contributed by atoms with Gasteiger partial charge in [-0.05, 0) is 51.0 Å². The standard InChI is InChI=1S/C17H34N2/c1-4-6-15-8-10-17(11-9-15)19-12-5-7-16(13-19)18-14(2)3/h14-18H,4-13H2,1-3H3. The summed E-state index contributed by atoms with van der Waals surface area (Å²) in [5.41, 5.74) is 0. The van der Waals surface area contributed by atoms with E-state index in [0.29, 0.717) is 6.04 Å². The van der Waals surface area contributed by atoms with Gasteiger partial charge in [0.25, 0.3) is 0 Å². The molecule has 0 aromatic carbocycles. The zero-order chi connectivity index (χ0) is 13.7. The van der Waals surface area contributed by atoms with Gasteiger partial charge in [0, 0.05) is 24.7 Å². The molecule has 1 atom stereocenters. The van der Waals surface area contributed by atoms with Gasteiger partial charge in [0.05, 0.1) is 0 Å². The number of hydrogen-bond donors (Lipinski definition) is 1. The lowest BCUT2D eigenvalue weighted by atomic mass is 9.82. The summed E-state index contributed by atoms with van der Waals surface area (Å²) in [5, 5.41) is 3.74. The Kier molecular flexibility index (Phi) is 6.15. The summed E-state index contributed by atoms with van der Waals surface area (Å²) in [6, 6.07) is 2.26. The molecular weight excluding hydrogens is 232 g/mol. The van der Waals surface area contributed by atoms with Crippen molar-refractivity contribution in [2.24, 2.45) is 5.92 Å². The van der Waals surface area contributed by atoms with Crippen LogP contribution in [-0.2, 0) is 0 Å². The molecule has 1 aliphatic heterocycles. The number of likely N-dealkylation sites (tertiary alicyclic amines) is 1. The zero-order valence-electron chi connectivity index (χ0n) is 13.3. The van der Waals surface area contributed by atoms with Gasteiger partial charge in [-0.1, -0.05) is 33.6 Å². The van der Waals surface area contributed by atoms with Gasteiger partial charge < -0.3 is 5.32 Å². The molecule has 2 nitrogen and oxygen atoms in total. The third kappa shape index (κ3) is 4.75. The van der Waals surface area contributed by atoms with Crippen molar-refractivity contribution < 1.29 is 0 Å². The van der Waals surface area contributed by atoms with E-state index in [9.17, 15) is 0 Å². The van der Waals surface area contributed by atoms with Crippen molar-refractivity contribution in [3.8, 4) is 0 Å². The van der Waals surface area contributed by atoms with Gasteiger partial charge in [-0.25, -0.2) is 0 Å². The molecule has 0 radical (unpaired) electrons. The maximum Gasteiger partial charge on any atom is 0.0197 e. The summed E-state index contributed by atoms with van der Waals surface area (Å²) in [7, 11) is 0. The van der Waals surface area contributed by atoms with Crippen LogP contribution in [0.2, 0.25) is 0 Å². The van der Waals surface area contributed by atoms with Crippen LogP contribution in [-0.4, -0.2) is 36.1 Å². The minimum atomic E-state index is 0.630. The number of hydrogen-bond acceptors (Lipinski definition) is 2. The zero-order valence-corrected chi connectivity index (χ0v) is 13.3. The lowest BCUT2D eigenvalue weighted by Gasteiger charge is -2.42. The maximum absolute atomic E-state index is 3.74. The van der Waals surface area contributed by atoms with E-state index in [1.807, 2.05) is 0 Å². The van der Waals surface area contributed by atoms with Crippen LogP contribution >= 0.6 is 0 Å². The molecule has 0 amide bonds. The van der Waals surface area contributed by atoms with Crippen LogP contribution in [0.4, 0.5) is 0 Å². The largest absolute Gasteiger partial charge is 0.311 e. The van der Waals surface area contributed by atoms with E-state index in [4.69, 9.17) is 0 Å². The van der Waals surface area contributed by atoms with Crippen molar-refractivity contribution in [3.05, 3.63) is 0 Å². The third-order valence-corrected chi connectivity index (χ3v) is 5.05. The summed E-state index contributed by atoms with van der Waals surface area (Å²) in [4.78, 5) is 2.80. The van der Waals surface area contributed by atoms with E-state index in [2.05, 4.69) is 31.0 Å². The second-order valence-electron chi connectivity index (χ2n) is 7.12. The van der Waals surface area contributed by atoms with Crippen LogP contribution in [0.1, 0.15) is 72.1 Å². The van der Waals surface area contributed by atoms with E-state index >= 15 is 0 Å². The molecule has 2 fully saturated rings. The van der Waals surface area contributed by atoms with Gasteiger partial charge in [-0.2, -0.15) is 0 Å². The Labute approximate surface area is 120 Å². The van der Waals surface area contributed by atoms with Gasteiger partial charge in [0.1, 0.15) is 0 Å². The van der Waals surface area contributed by atoms with Gasteiger partial charge in [-0.3, -0.25) is 4.90 Å². The van der Waals surface area contributed by atoms with Crippen molar-refractivity contribution >= 4 is 0 Å². The molecule has 0 bridgehead atoms. The molecule has 1 saturated heterocycles. The first-order valence-electron chi connectivity index (χ1n) is 8.69. The molecule has 0 aromatic heterocycles. The second-order valence-corrected chi connectivity index (χ2v) is 7.12. The third-order valence-electron chi connectivity index (χ3n) is 5.05. The molecule has 2 aliphatic rings. The maximum atomic E-state index is 3.74. The normalized spacial score (nSPS) is 33.8. The van der Waals surface area contributed by atoms with Crippen LogP contribution in [0.25, 0.3) is 0 Å². The Balaban J connectivity index is 1.76. The first kappa shape index (κ1) is 15.3. The van der Waals surface area contributed by atoms with Crippen molar-refractivity contribution in [1.82, 2.24) is 10.2 Å². The van der Waals surface area contributed by atoms with Crippen LogP contribution in [0.3, 0.4) is 0 Å². The SMILES string of the molecule is CCCC1CCC(N2CCCC(NC(C)C)C2)CC1. The molecule has 1 saturated carbocycles. The average Bonchev–Trinajstić information content (AvgIpc) is 2.39. The van der Waals surface area contributed by atoms with Crippen LogP contribution in [0.5, 0.6) is 0 Å². The number of nitrogens with zero attached hydrogens (tertiary/aromatic N) is 1. The molecule has 0 spiro atoms. The van der Waals surface area contributed by atoms with Crippen LogP contribution in [0, 0.1) is 5.92 Å². The fraction of sp³-hybridized carbons (Fsp3) is 1.00. The van der Waals surface area contributed by atoms with E-state index in [1.54, 1.807) is 0 Å². The fourth-order valence-electron chi connectivity index (χ4n) is 4.15. The van der Waals surface area contributed by atoms with Gasteiger partial charge >= 0.3 is 0 Å². The molecule has 1 heterocycles. The van der Waals surface area contributed by atoms with Crippen molar-refractivity contribution in [2.75, 3.05) is 13.1 Å². The summed E-state index contributed by atoms with van der Waals surface area (Å²) in [5.74, 6) is 1.04. The molecule has 2 rings (SSSR count). The van der Waals surface area contributed by atoms with Gasteiger partial charge in [-0.15, -0.1) is 0 Å². The highest BCUT2D eigenvalue weighted by atomic mass is 15.2. The summed E-state index contributed by atoms with van der Waals surface area (Å²) in [6.07, 6.45) is 11.5. The fourth-order valence-corrected chi connectivity index (χ4v) is 4.15. The van der Waals surface area contributed by atoms with E-state index in [0.717, 1.165) is 18.0 Å². The number of piperidine rings is 1. The highest BCUT2D eigenvalue weighted by Crippen LogP contribution is 2.31. The smallest absolute Gasteiger partial charge is 0.0197 e.